The van der Waals surface area contributed by atoms with Crippen molar-refractivity contribution in [1.82, 2.24) is 9.88 Å². The number of aliphatic hydroxyl groups excluding tert-OH is 1. The third kappa shape index (κ3) is 2.19. The van der Waals surface area contributed by atoms with Gasteiger partial charge in [-0.05, 0) is 37.9 Å². The lowest BCUT2D eigenvalue weighted by Gasteiger charge is -2.36. The van der Waals surface area contributed by atoms with E-state index in [1.807, 2.05) is 0 Å². The summed E-state index contributed by atoms with van der Waals surface area (Å²) < 4.78 is 13.2. The number of hydrogen-bond donors (Lipinski definition) is 1. The highest BCUT2D eigenvalue weighted by Crippen LogP contribution is 2.41. The van der Waals surface area contributed by atoms with E-state index in [1.54, 1.807) is 12.3 Å². The SMILES string of the molecule is CCN1C(c2cncc(F)c2)CCC1(C)CO. The molecule has 94 valence electrons. The normalized spacial score (nSPS) is 29.8. The maximum absolute atomic E-state index is 13.2. The zero-order valence-electron chi connectivity index (χ0n) is 10.4. The lowest BCUT2D eigenvalue weighted by molar-refractivity contribution is 0.0589. The lowest BCUT2D eigenvalue weighted by Crippen LogP contribution is -2.45. The van der Waals surface area contributed by atoms with Crippen LogP contribution >= 0.6 is 0 Å². The topological polar surface area (TPSA) is 36.4 Å². The van der Waals surface area contributed by atoms with E-state index in [4.69, 9.17) is 0 Å². The molecule has 1 aromatic rings. The van der Waals surface area contributed by atoms with Crippen molar-refractivity contribution in [1.29, 1.82) is 0 Å². The van der Waals surface area contributed by atoms with E-state index in [0.717, 1.165) is 24.9 Å². The molecule has 1 aliphatic heterocycles. The fraction of sp³-hybridized carbons (Fsp3) is 0.615. The Bertz CT molecular complexity index is 399. The maximum atomic E-state index is 13.2. The first-order valence-corrected chi connectivity index (χ1v) is 6.09. The third-order valence-corrected chi connectivity index (χ3v) is 3.82. The van der Waals surface area contributed by atoms with E-state index >= 15 is 0 Å². The first kappa shape index (κ1) is 12.5. The number of halogens is 1. The van der Waals surface area contributed by atoms with Crippen LogP contribution < -0.4 is 0 Å². The molecule has 4 heteroatoms. The van der Waals surface area contributed by atoms with Gasteiger partial charge in [-0.15, -0.1) is 0 Å². The van der Waals surface area contributed by atoms with E-state index in [9.17, 15) is 9.50 Å². The van der Waals surface area contributed by atoms with E-state index in [1.165, 1.54) is 6.20 Å². The van der Waals surface area contributed by atoms with Crippen molar-refractivity contribution in [3.05, 3.63) is 29.8 Å². The Morgan fingerprint density at radius 1 is 1.59 bits per heavy atom. The van der Waals surface area contributed by atoms with E-state index in [0.29, 0.717) is 0 Å². The molecule has 2 heterocycles. The summed E-state index contributed by atoms with van der Waals surface area (Å²) in [6.45, 7) is 5.11. The quantitative estimate of drug-likeness (QED) is 0.876. The fourth-order valence-electron chi connectivity index (χ4n) is 2.85. The molecule has 1 aromatic heterocycles. The lowest BCUT2D eigenvalue weighted by atomic mass is 10.0. The molecule has 0 bridgehead atoms. The number of likely N-dealkylation sites (N-methyl/N-ethyl adjacent to an activating group) is 1. The van der Waals surface area contributed by atoms with Gasteiger partial charge in [0.2, 0.25) is 0 Å². The average Bonchev–Trinajstić information content (AvgIpc) is 2.67. The standard InChI is InChI=1S/C13H19FN2O/c1-3-16-12(4-5-13(16,2)9-17)10-6-11(14)8-15-7-10/h6-8,12,17H,3-5,9H2,1-2H3. The maximum Gasteiger partial charge on any atom is 0.141 e. The van der Waals surface area contributed by atoms with Gasteiger partial charge in [0.05, 0.1) is 12.8 Å². The number of pyridine rings is 1. The predicted octanol–water partition coefficient (Wildman–Crippen LogP) is 2.13. The second-order valence-electron chi connectivity index (χ2n) is 4.93. The molecule has 0 radical (unpaired) electrons. The molecule has 2 atom stereocenters. The molecule has 2 unspecified atom stereocenters. The molecule has 17 heavy (non-hydrogen) atoms. The molecule has 2 rings (SSSR count). The Balaban J connectivity index is 2.28. The second kappa shape index (κ2) is 4.70. The minimum Gasteiger partial charge on any atom is -0.394 e. The van der Waals surface area contributed by atoms with Gasteiger partial charge >= 0.3 is 0 Å². The molecule has 3 nitrogen and oxygen atoms in total. The first-order valence-electron chi connectivity index (χ1n) is 6.09. The summed E-state index contributed by atoms with van der Waals surface area (Å²) >= 11 is 0. The van der Waals surface area contributed by atoms with Gasteiger partial charge in [0.15, 0.2) is 0 Å². The van der Waals surface area contributed by atoms with Crippen molar-refractivity contribution >= 4 is 0 Å². The monoisotopic (exact) mass is 238 g/mol. The summed E-state index contributed by atoms with van der Waals surface area (Å²) in [5.41, 5.74) is 0.718. The van der Waals surface area contributed by atoms with E-state index in [2.05, 4.69) is 23.7 Å². The minimum atomic E-state index is -0.295. The molecule has 0 saturated carbocycles. The van der Waals surface area contributed by atoms with Crippen molar-refractivity contribution < 1.29 is 9.50 Å². The van der Waals surface area contributed by atoms with Crippen molar-refractivity contribution in [3.8, 4) is 0 Å². The van der Waals surface area contributed by atoms with Gasteiger partial charge in [0.1, 0.15) is 5.82 Å². The minimum absolute atomic E-state index is 0.139. The van der Waals surface area contributed by atoms with Crippen molar-refractivity contribution in [2.24, 2.45) is 0 Å². The van der Waals surface area contributed by atoms with Crippen LogP contribution in [0.15, 0.2) is 18.5 Å². The molecular weight excluding hydrogens is 219 g/mol. The molecule has 0 aromatic carbocycles. The van der Waals surface area contributed by atoms with Crippen LogP contribution in [0.2, 0.25) is 0 Å². The Labute approximate surface area is 101 Å². The second-order valence-corrected chi connectivity index (χ2v) is 4.93. The van der Waals surface area contributed by atoms with Crippen LogP contribution in [0.5, 0.6) is 0 Å². The number of likely N-dealkylation sites (tertiary alicyclic amines) is 1. The highest BCUT2D eigenvalue weighted by Gasteiger charge is 2.42. The third-order valence-electron chi connectivity index (χ3n) is 3.82. The van der Waals surface area contributed by atoms with Crippen molar-refractivity contribution in [3.63, 3.8) is 0 Å². The molecule has 0 spiro atoms. The van der Waals surface area contributed by atoms with Gasteiger partial charge in [-0.3, -0.25) is 9.88 Å². The number of aliphatic hydroxyl groups is 1. The van der Waals surface area contributed by atoms with Crippen LogP contribution in [-0.4, -0.2) is 33.7 Å². The van der Waals surface area contributed by atoms with Crippen molar-refractivity contribution in [2.45, 2.75) is 38.3 Å². The van der Waals surface area contributed by atoms with Gasteiger partial charge in [0, 0.05) is 17.8 Å². The fourth-order valence-corrected chi connectivity index (χ4v) is 2.85. The predicted molar refractivity (Wildman–Crippen MR) is 64.0 cm³/mol. The number of hydrogen-bond acceptors (Lipinski definition) is 3. The van der Waals surface area contributed by atoms with Gasteiger partial charge in [-0.2, -0.15) is 0 Å². The first-order chi connectivity index (χ1) is 8.10. The van der Waals surface area contributed by atoms with Crippen LogP contribution in [0, 0.1) is 5.82 Å². The summed E-state index contributed by atoms with van der Waals surface area (Å²) in [7, 11) is 0. The Hall–Kier alpha value is -1.00. The van der Waals surface area contributed by atoms with Crippen molar-refractivity contribution in [2.75, 3.05) is 13.2 Å². The highest BCUT2D eigenvalue weighted by molar-refractivity contribution is 5.18. The van der Waals surface area contributed by atoms with Crippen LogP contribution in [0.1, 0.15) is 38.3 Å². The summed E-state index contributed by atoms with van der Waals surface area (Å²) in [5.74, 6) is -0.295. The molecule has 0 amide bonds. The number of rotatable bonds is 3. The molecular formula is C13H19FN2O. The summed E-state index contributed by atoms with van der Waals surface area (Å²) in [4.78, 5) is 6.15. The zero-order valence-corrected chi connectivity index (χ0v) is 10.4. The molecule has 1 aliphatic rings. The Kier molecular flexibility index (Phi) is 3.45. The average molecular weight is 238 g/mol. The van der Waals surface area contributed by atoms with Crippen LogP contribution in [0.3, 0.4) is 0 Å². The van der Waals surface area contributed by atoms with Gasteiger partial charge < -0.3 is 5.11 Å². The zero-order chi connectivity index (χ0) is 12.5. The van der Waals surface area contributed by atoms with E-state index in [-0.39, 0.29) is 24.0 Å². The van der Waals surface area contributed by atoms with Crippen LogP contribution in [-0.2, 0) is 0 Å². The Morgan fingerprint density at radius 3 is 2.94 bits per heavy atom. The smallest absolute Gasteiger partial charge is 0.141 e. The van der Waals surface area contributed by atoms with Gasteiger partial charge in [-0.1, -0.05) is 6.92 Å². The number of nitrogens with zero attached hydrogens (tertiary/aromatic N) is 2. The molecule has 1 N–H and O–H groups in total. The van der Waals surface area contributed by atoms with E-state index < -0.39 is 0 Å². The number of aromatic nitrogens is 1. The largest absolute Gasteiger partial charge is 0.394 e. The molecule has 0 aliphatic carbocycles. The molecule has 1 fully saturated rings. The van der Waals surface area contributed by atoms with Crippen LogP contribution in [0.4, 0.5) is 4.39 Å². The summed E-state index contributed by atoms with van der Waals surface area (Å²) in [6.07, 6.45) is 4.81. The summed E-state index contributed by atoms with van der Waals surface area (Å²) in [5, 5.41) is 9.51. The summed E-state index contributed by atoms with van der Waals surface area (Å²) in [6, 6.07) is 1.71. The molecule has 1 saturated heterocycles. The van der Waals surface area contributed by atoms with Crippen LogP contribution in [0.25, 0.3) is 0 Å². The van der Waals surface area contributed by atoms with Gasteiger partial charge in [-0.25, -0.2) is 4.39 Å². The van der Waals surface area contributed by atoms with Gasteiger partial charge in [0.25, 0.3) is 0 Å². The highest BCUT2D eigenvalue weighted by atomic mass is 19.1. The Morgan fingerprint density at radius 2 is 2.35 bits per heavy atom.